The summed E-state index contributed by atoms with van der Waals surface area (Å²) in [5, 5.41) is 9.02. The smallest absolute Gasteiger partial charge is 0.336 e. The monoisotopic (exact) mass is 257 g/mol. The lowest BCUT2D eigenvalue weighted by molar-refractivity contribution is 0.0695. The van der Waals surface area contributed by atoms with Crippen LogP contribution in [0.3, 0.4) is 0 Å². The summed E-state index contributed by atoms with van der Waals surface area (Å²) in [6.45, 7) is 1.82. The van der Waals surface area contributed by atoms with Crippen molar-refractivity contribution in [2.45, 2.75) is 18.2 Å². The third-order valence-corrected chi connectivity index (χ3v) is 4.28. The summed E-state index contributed by atoms with van der Waals surface area (Å²) in [7, 11) is -0.775. The topological polar surface area (TPSA) is 74.7 Å². The zero-order valence-electron chi connectivity index (χ0n) is 9.97. The number of sulfonamides is 1. The average Bonchev–Trinajstić information content (AvgIpc) is 2.27. The van der Waals surface area contributed by atoms with Crippen LogP contribution in [0.4, 0.5) is 0 Å². The molecule has 17 heavy (non-hydrogen) atoms. The Balaban J connectivity index is 3.41. The molecule has 0 spiro atoms. The van der Waals surface area contributed by atoms with Crippen LogP contribution in [0.5, 0.6) is 0 Å². The van der Waals surface area contributed by atoms with Gasteiger partial charge in [-0.25, -0.2) is 17.5 Å². The van der Waals surface area contributed by atoms with E-state index in [-0.39, 0.29) is 10.5 Å². The zero-order valence-corrected chi connectivity index (χ0v) is 10.8. The first-order chi connectivity index (χ1) is 7.80. The normalized spacial score (nSPS) is 11.8. The van der Waals surface area contributed by atoms with Crippen molar-refractivity contribution >= 4 is 16.0 Å². The average molecular weight is 257 g/mol. The van der Waals surface area contributed by atoms with Crippen molar-refractivity contribution in [2.75, 3.05) is 14.1 Å². The van der Waals surface area contributed by atoms with Gasteiger partial charge in [-0.1, -0.05) is 13.0 Å². The lowest BCUT2D eigenvalue weighted by Crippen LogP contribution is -2.22. The molecule has 0 atom stereocenters. The summed E-state index contributed by atoms with van der Waals surface area (Å²) >= 11 is 0. The second-order valence-corrected chi connectivity index (χ2v) is 5.92. The second-order valence-electron chi connectivity index (χ2n) is 3.77. The molecule has 1 aromatic rings. The van der Waals surface area contributed by atoms with E-state index >= 15 is 0 Å². The van der Waals surface area contributed by atoms with E-state index in [9.17, 15) is 13.2 Å². The van der Waals surface area contributed by atoms with Gasteiger partial charge in [0, 0.05) is 14.1 Å². The fraction of sp³-hybridized carbons (Fsp3) is 0.364. The van der Waals surface area contributed by atoms with E-state index in [1.807, 2.05) is 6.92 Å². The Morgan fingerprint density at radius 1 is 1.35 bits per heavy atom. The van der Waals surface area contributed by atoms with Gasteiger partial charge >= 0.3 is 5.97 Å². The molecule has 94 valence electrons. The molecule has 0 amide bonds. The summed E-state index contributed by atoms with van der Waals surface area (Å²) in [4.78, 5) is 11.0. The number of rotatable bonds is 4. The maximum absolute atomic E-state index is 11.8. The molecule has 0 unspecified atom stereocenters. The van der Waals surface area contributed by atoms with Crippen molar-refractivity contribution in [3.05, 3.63) is 29.3 Å². The van der Waals surface area contributed by atoms with E-state index in [0.29, 0.717) is 12.0 Å². The molecule has 0 fully saturated rings. The lowest BCUT2D eigenvalue weighted by Gasteiger charge is -2.13. The van der Waals surface area contributed by atoms with Gasteiger partial charge in [0.15, 0.2) is 0 Å². The van der Waals surface area contributed by atoms with Crippen LogP contribution in [-0.2, 0) is 16.4 Å². The minimum Gasteiger partial charge on any atom is -0.478 e. The summed E-state index contributed by atoms with van der Waals surface area (Å²) in [6, 6.07) is 4.18. The van der Waals surface area contributed by atoms with E-state index < -0.39 is 16.0 Å². The van der Waals surface area contributed by atoms with Crippen LogP contribution < -0.4 is 0 Å². The van der Waals surface area contributed by atoms with Crippen LogP contribution in [0.1, 0.15) is 22.8 Å². The molecule has 0 aliphatic heterocycles. The van der Waals surface area contributed by atoms with Crippen LogP contribution in [0.25, 0.3) is 0 Å². The molecule has 0 radical (unpaired) electrons. The van der Waals surface area contributed by atoms with Crippen LogP contribution in [0.15, 0.2) is 23.1 Å². The van der Waals surface area contributed by atoms with E-state index in [1.165, 1.54) is 26.2 Å². The number of aromatic carboxylic acids is 1. The van der Waals surface area contributed by atoms with E-state index in [1.54, 1.807) is 6.07 Å². The number of nitrogens with zero attached hydrogens (tertiary/aromatic N) is 1. The molecule has 0 heterocycles. The minimum absolute atomic E-state index is 0.00269. The van der Waals surface area contributed by atoms with Crippen molar-refractivity contribution in [1.82, 2.24) is 4.31 Å². The van der Waals surface area contributed by atoms with Gasteiger partial charge < -0.3 is 5.11 Å². The van der Waals surface area contributed by atoms with Crippen molar-refractivity contribution in [3.8, 4) is 0 Å². The number of hydrogen-bond acceptors (Lipinski definition) is 3. The standard InChI is InChI=1S/C11H15NO4S/c1-4-8-5-6-9(7-10(8)11(13)14)17(15,16)12(2)3/h5-7H,4H2,1-3H3,(H,13,14). The Morgan fingerprint density at radius 3 is 2.35 bits per heavy atom. The number of benzene rings is 1. The predicted octanol–water partition coefficient (Wildman–Crippen LogP) is 1.20. The Labute approximate surface area is 101 Å². The molecule has 0 aliphatic carbocycles. The molecule has 0 saturated carbocycles. The largest absolute Gasteiger partial charge is 0.478 e. The first kappa shape index (κ1) is 13.7. The highest BCUT2D eigenvalue weighted by molar-refractivity contribution is 7.89. The van der Waals surface area contributed by atoms with Crippen molar-refractivity contribution < 1.29 is 18.3 Å². The van der Waals surface area contributed by atoms with Crippen molar-refractivity contribution in [3.63, 3.8) is 0 Å². The molecule has 0 bridgehead atoms. The molecule has 5 nitrogen and oxygen atoms in total. The highest BCUT2D eigenvalue weighted by Crippen LogP contribution is 2.19. The van der Waals surface area contributed by atoms with Crippen LogP contribution in [0.2, 0.25) is 0 Å². The fourth-order valence-electron chi connectivity index (χ4n) is 1.43. The molecule has 0 aromatic heterocycles. The number of carboxylic acid groups (broad SMARTS) is 1. The van der Waals surface area contributed by atoms with Crippen LogP contribution in [0, 0.1) is 0 Å². The first-order valence-corrected chi connectivity index (χ1v) is 6.53. The third kappa shape index (κ3) is 2.65. The maximum Gasteiger partial charge on any atom is 0.336 e. The molecule has 1 aromatic carbocycles. The van der Waals surface area contributed by atoms with Gasteiger partial charge in [0.2, 0.25) is 10.0 Å². The van der Waals surface area contributed by atoms with Gasteiger partial charge in [-0.2, -0.15) is 0 Å². The Kier molecular flexibility index (Phi) is 3.90. The second kappa shape index (κ2) is 4.85. The van der Waals surface area contributed by atoms with E-state index in [0.717, 1.165) is 4.31 Å². The van der Waals surface area contributed by atoms with Gasteiger partial charge in [-0.15, -0.1) is 0 Å². The summed E-state index contributed by atoms with van der Waals surface area (Å²) in [5.74, 6) is -1.11. The quantitative estimate of drug-likeness (QED) is 0.879. The maximum atomic E-state index is 11.8. The van der Waals surface area contributed by atoms with Gasteiger partial charge in [-0.05, 0) is 24.1 Å². The number of carbonyl (C=O) groups is 1. The van der Waals surface area contributed by atoms with E-state index in [2.05, 4.69) is 0 Å². The molecular weight excluding hydrogens is 242 g/mol. The zero-order chi connectivity index (χ0) is 13.2. The van der Waals surface area contributed by atoms with Crippen LogP contribution >= 0.6 is 0 Å². The summed E-state index contributed by atoms with van der Waals surface area (Å²) in [6.07, 6.45) is 0.546. The van der Waals surface area contributed by atoms with Gasteiger partial charge in [0.1, 0.15) is 0 Å². The fourth-order valence-corrected chi connectivity index (χ4v) is 2.36. The molecule has 1 N–H and O–H groups in total. The van der Waals surface area contributed by atoms with Crippen LogP contribution in [-0.4, -0.2) is 37.9 Å². The number of aryl methyl sites for hydroxylation is 1. The van der Waals surface area contributed by atoms with Gasteiger partial charge in [-0.3, -0.25) is 0 Å². The van der Waals surface area contributed by atoms with Crippen molar-refractivity contribution in [2.24, 2.45) is 0 Å². The Morgan fingerprint density at radius 2 is 1.94 bits per heavy atom. The van der Waals surface area contributed by atoms with Gasteiger partial charge in [0.05, 0.1) is 10.5 Å². The SMILES string of the molecule is CCc1ccc(S(=O)(=O)N(C)C)cc1C(=O)O. The summed E-state index contributed by atoms with van der Waals surface area (Å²) < 4.78 is 24.7. The van der Waals surface area contributed by atoms with Crippen molar-refractivity contribution in [1.29, 1.82) is 0 Å². The number of hydrogen-bond donors (Lipinski definition) is 1. The van der Waals surface area contributed by atoms with E-state index in [4.69, 9.17) is 5.11 Å². The molecule has 6 heteroatoms. The minimum atomic E-state index is -3.59. The number of carboxylic acids is 1. The molecule has 0 aliphatic rings. The van der Waals surface area contributed by atoms with Gasteiger partial charge in [0.25, 0.3) is 0 Å². The highest BCUT2D eigenvalue weighted by Gasteiger charge is 2.20. The predicted molar refractivity (Wildman–Crippen MR) is 63.7 cm³/mol. The molecular formula is C11H15NO4S. The first-order valence-electron chi connectivity index (χ1n) is 5.09. The molecule has 0 saturated heterocycles. The highest BCUT2D eigenvalue weighted by atomic mass is 32.2. The summed E-state index contributed by atoms with van der Waals surface area (Å²) in [5.41, 5.74) is 0.658. The lowest BCUT2D eigenvalue weighted by atomic mass is 10.1. The Bertz CT molecular complexity index is 534. The third-order valence-electron chi connectivity index (χ3n) is 2.47. The molecule has 1 rings (SSSR count). The Hall–Kier alpha value is -1.40.